The van der Waals surface area contributed by atoms with Crippen LogP contribution in [0.25, 0.3) is 0 Å². The largest absolute Gasteiger partial charge is 0.457 e. The highest BCUT2D eigenvalue weighted by Gasteiger charge is 2.29. The number of carbonyl (C=O) groups is 1. The van der Waals surface area contributed by atoms with Gasteiger partial charge in [0.2, 0.25) is 0 Å². The van der Waals surface area contributed by atoms with Crippen LogP contribution >= 0.6 is 0 Å². The Hall–Kier alpha value is -2.57. The van der Waals surface area contributed by atoms with E-state index in [1.807, 2.05) is 66.5 Å². The lowest BCUT2D eigenvalue weighted by molar-refractivity contribution is 0.0758. The van der Waals surface area contributed by atoms with E-state index in [1.54, 1.807) is 4.90 Å². The molecular weight excluding hydrogens is 376 g/mol. The molecule has 160 valence electrons. The fourth-order valence-electron chi connectivity index (χ4n) is 4.29. The first-order chi connectivity index (χ1) is 14.6. The standard InChI is InChI=1S/C24H32N4O2/c1-25-16-18-27(19-17-25)21-12-14-28(15-13-21)24(29)26(2)20-8-10-23(11-9-20)30-22-6-4-3-5-7-22/h3-11,21H,12-19H2,1-2H3. The summed E-state index contributed by atoms with van der Waals surface area (Å²) in [5, 5.41) is 0. The van der Waals surface area contributed by atoms with Crippen LogP contribution in [0.1, 0.15) is 12.8 Å². The van der Waals surface area contributed by atoms with Crippen molar-refractivity contribution in [2.45, 2.75) is 18.9 Å². The lowest BCUT2D eigenvalue weighted by atomic mass is 10.0. The van der Waals surface area contributed by atoms with Crippen molar-refractivity contribution in [3.63, 3.8) is 0 Å². The van der Waals surface area contributed by atoms with Gasteiger partial charge in [0.15, 0.2) is 0 Å². The average molecular weight is 409 g/mol. The van der Waals surface area contributed by atoms with Crippen LogP contribution in [0.3, 0.4) is 0 Å². The summed E-state index contributed by atoms with van der Waals surface area (Å²) in [6.07, 6.45) is 2.13. The molecule has 0 unspecified atom stereocenters. The van der Waals surface area contributed by atoms with Crippen molar-refractivity contribution >= 4 is 11.7 Å². The topological polar surface area (TPSA) is 39.3 Å². The highest BCUT2D eigenvalue weighted by atomic mass is 16.5. The molecule has 0 aliphatic carbocycles. The molecule has 2 aliphatic heterocycles. The zero-order valence-corrected chi connectivity index (χ0v) is 18.0. The van der Waals surface area contributed by atoms with Gasteiger partial charge in [-0.15, -0.1) is 0 Å². The van der Waals surface area contributed by atoms with Gasteiger partial charge in [-0.25, -0.2) is 4.79 Å². The van der Waals surface area contributed by atoms with Crippen LogP contribution in [-0.4, -0.2) is 80.1 Å². The van der Waals surface area contributed by atoms with Crippen LogP contribution in [0.15, 0.2) is 54.6 Å². The summed E-state index contributed by atoms with van der Waals surface area (Å²) in [5.74, 6) is 1.57. The first-order valence-corrected chi connectivity index (χ1v) is 10.9. The number of piperidine rings is 1. The van der Waals surface area contributed by atoms with E-state index in [1.165, 1.54) is 0 Å². The molecule has 0 saturated carbocycles. The number of urea groups is 1. The smallest absolute Gasteiger partial charge is 0.324 e. The second-order valence-corrected chi connectivity index (χ2v) is 8.31. The highest BCUT2D eigenvalue weighted by Crippen LogP contribution is 2.25. The lowest BCUT2D eigenvalue weighted by Crippen LogP contribution is -2.54. The second kappa shape index (κ2) is 9.49. The van der Waals surface area contributed by atoms with Crippen molar-refractivity contribution in [3.05, 3.63) is 54.6 Å². The van der Waals surface area contributed by atoms with Gasteiger partial charge < -0.3 is 14.5 Å². The molecule has 2 fully saturated rings. The minimum absolute atomic E-state index is 0.0727. The van der Waals surface area contributed by atoms with E-state index in [9.17, 15) is 4.79 Å². The zero-order chi connectivity index (χ0) is 20.9. The van der Waals surface area contributed by atoms with E-state index in [4.69, 9.17) is 4.74 Å². The van der Waals surface area contributed by atoms with E-state index in [0.717, 1.165) is 69.3 Å². The number of amides is 2. The van der Waals surface area contributed by atoms with E-state index in [2.05, 4.69) is 16.8 Å². The maximum absolute atomic E-state index is 13.0. The number of piperazine rings is 1. The summed E-state index contributed by atoms with van der Waals surface area (Å²) in [4.78, 5) is 21.7. The van der Waals surface area contributed by atoms with Gasteiger partial charge in [-0.3, -0.25) is 9.80 Å². The highest BCUT2D eigenvalue weighted by molar-refractivity contribution is 5.91. The number of rotatable bonds is 4. The number of anilines is 1. The maximum atomic E-state index is 13.0. The summed E-state index contributed by atoms with van der Waals surface area (Å²) >= 11 is 0. The molecule has 30 heavy (non-hydrogen) atoms. The van der Waals surface area contributed by atoms with E-state index in [0.29, 0.717) is 6.04 Å². The van der Waals surface area contributed by atoms with Gasteiger partial charge in [0.25, 0.3) is 0 Å². The average Bonchev–Trinajstić information content (AvgIpc) is 2.80. The Labute approximate surface area is 179 Å². The van der Waals surface area contributed by atoms with E-state index >= 15 is 0 Å². The Morgan fingerprint density at radius 1 is 0.867 bits per heavy atom. The number of carbonyl (C=O) groups excluding carboxylic acids is 1. The van der Waals surface area contributed by atoms with Crippen molar-refractivity contribution < 1.29 is 9.53 Å². The zero-order valence-electron chi connectivity index (χ0n) is 18.0. The molecular formula is C24H32N4O2. The van der Waals surface area contributed by atoms with Crippen LogP contribution in [-0.2, 0) is 0 Å². The Balaban J connectivity index is 1.29. The summed E-state index contributed by atoms with van der Waals surface area (Å²) in [6.45, 7) is 6.24. The number of benzene rings is 2. The number of nitrogens with zero attached hydrogens (tertiary/aromatic N) is 4. The normalized spacial score (nSPS) is 18.9. The predicted octanol–water partition coefficient (Wildman–Crippen LogP) is 3.75. The predicted molar refractivity (Wildman–Crippen MR) is 120 cm³/mol. The molecule has 2 amide bonds. The summed E-state index contributed by atoms with van der Waals surface area (Å²) in [6, 6.07) is 18.1. The fourth-order valence-corrected chi connectivity index (χ4v) is 4.29. The molecule has 0 radical (unpaired) electrons. The summed E-state index contributed by atoms with van der Waals surface area (Å²) in [7, 11) is 4.04. The van der Waals surface area contributed by atoms with Crippen molar-refractivity contribution in [2.75, 3.05) is 58.3 Å². The van der Waals surface area contributed by atoms with Gasteiger partial charge in [-0.2, -0.15) is 0 Å². The van der Waals surface area contributed by atoms with Gasteiger partial charge in [0, 0.05) is 58.0 Å². The molecule has 4 rings (SSSR count). The number of para-hydroxylation sites is 1. The van der Waals surface area contributed by atoms with Crippen LogP contribution in [0.4, 0.5) is 10.5 Å². The second-order valence-electron chi connectivity index (χ2n) is 8.31. The fraction of sp³-hybridized carbons (Fsp3) is 0.458. The lowest BCUT2D eigenvalue weighted by Gasteiger charge is -2.42. The molecule has 6 heteroatoms. The molecule has 0 spiro atoms. The Bertz CT molecular complexity index is 811. The Kier molecular flexibility index (Phi) is 6.55. The van der Waals surface area contributed by atoms with Crippen LogP contribution in [0.5, 0.6) is 11.5 Å². The summed E-state index contributed by atoms with van der Waals surface area (Å²) < 4.78 is 5.84. The van der Waals surface area contributed by atoms with Crippen molar-refractivity contribution in [2.24, 2.45) is 0 Å². The SMILES string of the molecule is CN1CCN(C2CCN(C(=O)N(C)c3ccc(Oc4ccccc4)cc3)CC2)CC1. The quantitative estimate of drug-likeness (QED) is 0.773. The number of ether oxygens (including phenoxy) is 1. The molecule has 2 heterocycles. The van der Waals surface area contributed by atoms with Gasteiger partial charge >= 0.3 is 6.03 Å². The van der Waals surface area contributed by atoms with Gasteiger partial charge in [0.1, 0.15) is 11.5 Å². The van der Waals surface area contributed by atoms with Gasteiger partial charge in [-0.1, -0.05) is 18.2 Å². The number of likely N-dealkylation sites (N-methyl/N-ethyl adjacent to an activating group) is 1. The number of likely N-dealkylation sites (tertiary alicyclic amines) is 1. The van der Waals surface area contributed by atoms with Crippen LogP contribution in [0, 0.1) is 0 Å². The van der Waals surface area contributed by atoms with E-state index < -0.39 is 0 Å². The van der Waals surface area contributed by atoms with Crippen LogP contribution < -0.4 is 9.64 Å². The Morgan fingerprint density at radius 3 is 2.10 bits per heavy atom. The Morgan fingerprint density at radius 2 is 1.47 bits per heavy atom. The molecule has 2 aromatic rings. The molecule has 2 aromatic carbocycles. The van der Waals surface area contributed by atoms with Crippen molar-refractivity contribution in [1.29, 1.82) is 0 Å². The van der Waals surface area contributed by atoms with Crippen molar-refractivity contribution in [1.82, 2.24) is 14.7 Å². The third-order valence-corrected chi connectivity index (χ3v) is 6.28. The maximum Gasteiger partial charge on any atom is 0.324 e. The molecule has 0 bridgehead atoms. The van der Waals surface area contributed by atoms with Crippen molar-refractivity contribution in [3.8, 4) is 11.5 Å². The molecule has 2 saturated heterocycles. The number of hydrogen-bond donors (Lipinski definition) is 0. The minimum Gasteiger partial charge on any atom is -0.457 e. The minimum atomic E-state index is 0.0727. The van der Waals surface area contributed by atoms with Gasteiger partial charge in [-0.05, 0) is 56.3 Å². The molecule has 0 atom stereocenters. The first-order valence-electron chi connectivity index (χ1n) is 10.9. The molecule has 0 N–H and O–H groups in total. The first kappa shape index (κ1) is 20.7. The number of hydrogen-bond acceptors (Lipinski definition) is 4. The van der Waals surface area contributed by atoms with Gasteiger partial charge in [0.05, 0.1) is 0 Å². The third-order valence-electron chi connectivity index (χ3n) is 6.28. The molecule has 0 aromatic heterocycles. The monoisotopic (exact) mass is 408 g/mol. The van der Waals surface area contributed by atoms with E-state index in [-0.39, 0.29) is 6.03 Å². The summed E-state index contributed by atoms with van der Waals surface area (Å²) in [5.41, 5.74) is 0.876. The third kappa shape index (κ3) is 4.94. The molecule has 6 nitrogen and oxygen atoms in total. The van der Waals surface area contributed by atoms with Crippen LogP contribution in [0.2, 0.25) is 0 Å². The molecule has 2 aliphatic rings.